The first-order valence-electron chi connectivity index (χ1n) is 18.4. The monoisotopic (exact) mass is 784 g/mol. The molecule has 12 nitrogen and oxygen atoms in total. The Kier molecular flexibility index (Phi) is 11.5. The van der Waals surface area contributed by atoms with Crippen LogP contribution in [-0.2, 0) is 37.6 Å². The summed E-state index contributed by atoms with van der Waals surface area (Å²) in [6.07, 6.45) is 1.67. The van der Waals surface area contributed by atoms with Crippen LogP contribution in [0.1, 0.15) is 46.8 Å². The maximum Gasteiger partial charge on any atom is 0.423 e. The highest BCUT2D eigenvalue weighted by Gasteiger charge is 2.38. The van der Waals surface area contributed by atoms with Gasteiger partial charge in [-0.1, -0.05) is 84.4 Å². The lowest BCUT2D eigenvalue weighted by Gasteiger charge is -2.23. The number of carbonyl (C=O) groups is 2. The summed E-state index contributed by atoms with van der Waals surface area (Å²) in [6, 6.07) is 34.6. The van der Waals surface area contributed by atoms with Crippen molar-refractivity contribution in [2.45, 2.75) is 44.0 Å². The molecule has 0 radical (unpaired) electrons. The van der Waals surface area contributed by atoms with E-state index in [0.29, 0.717) is 42.3 Å². The van der Waals surface area contributed by atoms with Crippen LogP contribution in [0.3, 0.4) is 0 Å². The van der Waals surface area contributed by atoms with Crippen molar-refractivity contribution in [2.24, 2.45) is 0 Å². The Morgan fingerprint density at radius 1 is 0.772 bits per heavy atom. The van der Waals surface area contributed by atoms with Gasteiger partial charge in [-0.15, -0.1) is 0 Å². The van der Waals surface area contributed by atoms with Gasteiger partial charge in [0.1, 0.15) is 24.5 Å². The van der Waals surface area contributed by atoms with Crippen LogP contribution in [0.25, 0.3) is 16.4 Å². The average Bonchev–Trinajstić information content (AvgIpc) is 3.95. The lowest BCUT2D eigenvalue weighted by molar-refractivity contribution is -0.157. The van der Waals surface area contributed by atoms with Gasteiger partial charge in [0.05, 0.1) is 17.5 Å². The minimum atomic E-state index is -4.11. The molecule has 6 aromatic rings. The number of rotatable bonds is 14. The molecule has 7 rings (SSSR count). The van der Waals surface area contributed by atoms with Crippen LogP contribution in [0.2, 0.25) is 0 Å². The highest BCUT2D eigenvalue weighted by Crippen LogP contribution is 2.35. The standard InChI is InChI=1S/C44H40N4O8S/c1-30-15-18-34(19-16-30)57(51,52)48-26-23-35-36(48)20-22-38(55-29-32-17-21-37(39(27-32)53-2)54-28-31-11-5-3-6-12-31)40(35)41(46-45)44(50)56-42(33-13-7-4-8-14-33)43(49)47-24-9-10-25-47/h3-8,11-23,26-27,42H,9-10,24-25,28-29H2,1-2H3. The maximum atomic E-state index is 14.2. The summed E-state index contributed by atoms with van der Waals surface area (Å²) in [4.78, 5) is 33.0. The Morgan fingerprint density at radius 3 is 2.11 bits per heavy atom. The van der Waals surface area contributed by atoms with Crippen molar-refractivity contribution < 1.29 is 41.7 Å². The lowest BCUT2D eigenvalue weighted by Crippen LogP contribution is -2.36. The number of methoxy groups -OCH3 is 1. The molecule has 5 aromatic carbocycles. The van der Waals surface area contributed by atoms with E-state index >= 15 is 0 Å². The van der Waals surface area contributed by atoms with E-state index in [4.69, 9.17) is 18.9 Å². The third-order valence-corrected chi connectivity index (χ3v) is 11.4. The number of esters is 1. The fourth-order valence-corrected chi connectivity index (χ4v) is 8.08. The zero-order chi connectivity index (χ0) is 39.9. The van der Waals surface area contributed by atoms with E-state index < -0.39 is 33.7 Å². The molecule has 0 saturated carbocycles. The van der Waals surface area contributed by atoms with Gasteiger partial charge in [0.25, 0.3) is 15.9 Å². The van der Waals surface area contributed by atoms with Crippen LogP contribution >= 0.6 is 0 Å². The number of carbonyl (C=O) groups excluding carboxylic acids is 2. The van der Waals surface area contributed by atoms with Gasteiger partial charge >= 0.3 is 11.7 Å². The highest BCUT2D eigenvalue weighted by atomic mass is 32.2. The number of amides is 1. The van der Waals surface area contributed by atoms with Crippen molar-refractivity contribution >= 4 is 38.5 Å². The lowest BCUT2D eigenvalue weighted by atomic mass is 10.0. The minimum Gasteiger partial charge on any atom is -0.493 e. The summed E-state index contributed by atoms with van der Waals surface area (Å²) in [5, 5.41) is 0.220. The molecule has 1 fully saturated rings. The van der Waals surface area contributed by atoms with Crippen LogP contribution in [-0.4, -0.2) is 59.9 Å². The van der Waals surface area contributed by atoms with Gasteiger partial charge in [-0.05, 0) is 73.4 Å². The number of likely N-dealkylation sites (tertiary alicyclic amines) is 1. The topological polar surface area (TPSA) is 150 Å². The molecule has 0 spiro atoms. The molecule has 13 heteroatoms. The molecule has 57 heavy (non-hydrogen) atoms. The third kappa shape index (κ3) is 8.30. The molecule has 1 aliphatic rings. The van der Waals surface area contributed by atoms with Crippen molar-refractivity contribution in [3.63, 3.8) is 0 Å². The third-order valence-electron chi connectivity index (χ3n) is 9.74. The van der Waals surface area contributed by atoms with Crippen LogP contribution in [0.4, 0.5) is 0 Å². The van der Waals surface area contributed by atoms with E-state index in [1.165, 1.54) is 37.6 Å². The summed E-state index contributed by atoms with van der Waals surface area (Å²) in [5.74, 6) is -0.441. The van der Waals surface area contributed by atoms with E-state index in [0.717, 1.165) is 27.9 Å². The van der Waals surface area contributed by atoms with Crippen molar-refractivity contribution in [1.29, 1.82) is 0 Å². The molecule has 0 bridgehead atoms. The van der Waals surface area contributed by atoms with Crippen LogP contribution in [0.15, 0.2) is 132 Å². The largest absolute Gasteiger partial charge is 0.493 e. The number of hydrogen-bond acceptors (Lipinski definition) is 8. The highest BCUT2D eigenvalue weighted by molar-refractivity contribution is 7.90. The quantitative estimate of drug-likeness (QED) is 0.0484. The molecular formula is C44H40N4O8S. The molecule has 1 saturated heterocycles. The molecule has 0 aliphatic carbocycles. The summed E-state index contributed by atoms with van der Waals surface area (Å²) < 4.78 is 52.8. The normalized spacial score (nSPS) is 13.1. The first-order chi connectivity index (χ1) is 27.7. The van der Waals surface area contributed by atoms with Gasteiger partial charge in [-0.2, -0.15) is 4.79 Å². The Labute approximate surface area is 330 Å². The first-order valence-corrected chi connectivity index (χ1v) is 19.8. The van der Waals surface area contributed by atoms with E-state index in [-0.39, 0.29) is 33.7 Å². The molecule has 1 amide bonds. The summed E-state index contributed by atoms with van der Waals surface area (Å²) >= 11 is 0. The molecule has 290 valence electrons. The SMILES string of the molecule is COc1cc(COc2ccc3c(ccn3S(=O)(=O)c3ccc(C)cc3)c2C(=[N+]=[N-])C(=O)OC(C(=O)N2CCCC2)c2ccccc2)ccc1OCc1ccccc1. The number of aryl methyl sites for hydroxylation is 1. The molecule has 2 heterocycles. The number of aromatic nitrogens is 1. The van der Waals surface area contributed by atoms with Crippen molar-refractivity contribution in [1.82, 2.24) is 8.87 Å². The number of hydrogen-bond donors (Lipinski definition) is 0. The number of benzene rings is 5. The van der Waals surface area contributed by atoms with Crippen molar-refractivity contribution in [3.05, 3.63) is 161 Å². The Bertz CT molecular complexity index is 2560. The Morgan fingerprint density at radius 2 is 1.42 bits per heavy atom. The molecular weight excluding hydrogens is 745 g/mol. The number of ether oxygens (including phenoxy) is 4. The van der Waals surface area contributed by atoms with Crippen LogP contribution in [0, 0.1) is 6.92 Å². The predicted octanol–water partition coefficient (Wildman–Crippen LogP) is 7.28. The van der Waals surface area contributed by atoms with Gasteiger partial charge in [0.15, 0.2) is 11.5 Å². The summed E-state index contributed by atoms with van der Waals surface area (Å²) in [7, 11) is -2.57. The molecule has 0 N–H and O–H groups in total. The summed E-state index contributed by atoms with van der Waals surface area (Å²) in [6.45, 7) is 3.20. The smallest absolute Gasteiger partial charge is 0.423 e. The first kappa shape index (κ1) is 38.6. The van der Waals surface area contributed by atoms with Crippen molar-refractivity contribution in [2.75, 3.05) is 20.2 Å². The second kappa shape index (κ2) is 17.0. The second-order valence-corrected chi connectivity index (χ2v) is 15.3. The number of fused-ring (bicyclic) bond motifs is 1. The minimum absolute atomic E-state index is 0.0342. The number of nitrogens with zero attached hydrogens (tertiary/aromatic N) is 4. The predicted molar refractivity (Wildman–Crippen MR) is 213 cm³/mol. The van der Waals surface area contributed by atoms with E-state index in [1.54, 1.807) is 71.6 Å². The Hall–Kier alpha value is -6.69. The van der Waals surface area contributed by atoms with Gasteiger partial charge in [0, 0.05) is 30.2 Å². The van der Waals surface area contributed by atoms with Crippen LogP contribution in [0.5, 0.6) is 17.2 Å². The molecule has 1 aromatic heterocycles. The van der Waals surface area contributed by atoms with Crippen molar-refractivity contribution in [3.8, 4) is 17.2 Å². The van der Waals surface area contributed by atoms with Gasteiger partial charge in [-0.3, -0.25) is 4.79 Å². The molecule has 1 aliphatic heterocycles. The fraction of sp³-hybridized carbons (Fsp3) is 0.205. The van der Waals surface area contributed by atoms with Gasteiger partial charge in [0.2, 0.25) is 6.10 Å². The van der Waals surface area contributed by atoms with E-state index in [9.17, 15) is 23.5 Å². The van der Waals surface area contributed by atoms with Crippen LogP contribution < -0.4 is 14.2 Å². The second-order valence-electron chi connectivity index (χ2n) is 13.5. The van der Waals surface area contributed by atoms with E-state index in [2.05, 4.69) is 4.79 Å². The maximum absolute atomic E-state index is 14.2. The molecule has 1 atom stereocenters. The van der Waals surface area contributed by atoms with Gasteiger partial charge in [-0.25, -0.2) is 17.2 Å². The Balaban J connectivity index is 1.25. The summed E-state index contributed by atoms with van der Waals surface area (Å²) in [5.41, 5.74) is 13.1. The van der Waals surface area contributed by atoms with Gasteiger partial charge < -0.3 is 29.4 Å². The fourth-order valence-electron chi connectivity index (χ4n) is 6.74. The average molecular weight is 785 g/mol. The molecule has 1 unspecified atom stereocenters. The van der Waals surface area contributed by atoms with E-state index in [1.807, 2.05) is 37.3 Å². The zero-order valence-electron chi connectivity index (χ0n) is 31.4. The zero-order valence-corrected chi connectivity index (χ0v) is 32.2.